The number of sulfone groups is 1. The summed E-state index contributed by atoms with van der Waals surface area (Å²) in [7, 11) is -3.48. The normalized spacial score (nSPS) is 11.4. The smallest absolute Gasteiger partial charge is 0.192 e. The summed E-state index contributed by atoms with van der Waals surface area (Å²) in [6.45, 7) is 0. The molecule has 0 fully saturated rings. The maximum atomic E-state index is 11.7. The van der Waals surface area contributed by atoms with Crippen LogP contribution in [0.5, 0.6) is 5.75 Å². The molecule has 18 heavy (non-hydrogen) atoms. The van der Waals surface area contributed by atoms with Gasteiger partial charge in [0.15, 0.2) is 38.6 Å². The van der Waals surface area contributed by atoms with E-state index in [4.69, 9.17) is 3.07 Å². The van der Waals surface area contributed by atoms with Crippen LogP contribution in [-0.2, 0) is 9.84 Å². The Morgan fingerprint density at radius 3 is 2.61 bits per heavy atom. The third-order valence-corrected chi connectivity index (χ3v) is 3.99. The lowest BCUT2D eigenvalue weighted by Crippen LogP contribution is -1.99. The maximum Gasteiger partial charge on any atom is 0.192 e. The first kappa shape index (κ1) is 13.1. The third kappa shape index (κ3) is 2.17. The maximum absolute atomic E-state index is 11.7. The fraction of sp³-hybridized carbons (Fsp3) is 0.100. The van der Waals surface area contributed by atoms with E-state index in [1.807, 2.05) is 0 Å². The number of rotatable bonds is 3. The summed E-state index contributed by atoms with van der Waals surface area (Å²) in [4.78, 5) is 14.8. The van der Waals surface area contributed by atoms with Crippen molar-refractivity contribution < 1.29 is 11.5 Å². The van der Waals surface area contributed by atoms with Gasteiger partial charge in [0.1, 0.15) is 11.2 Å². The minimum Gasteiger partial charge on any atom is -0.425 e. The van der Waals surface area contributed by atoms with Crippen molar-refractivity contribution in [3.63, 3.8) is 0 Å². The van der Waals surface area contributed by atoms with Gasteiger partial charge in [0.25, 0.3) is 0 Å². The summed E-state index contributed by atoms with van der Waals surface area (Å²) in [5.41, 5.74) is 0.320. The van der Waals surface area contributed by atoms with Gasteiger partial charge in [-0.3, -0.25) is 4.98 Å². The van der Waals surface area contributed by atoms with Gasteiger partial charge >= 0.3 is 0 Å². The summed E-state index contributed by atoms with van der Waals surface area (Å²) < 4.78 is 28.5. The molecule has 0 aliphatic heterocycles. The SMILES string of the molecule is CS(=O)(=O)c1ccnc2c(OI)ccc(N=O)c12. The van der Waals surface area contributed by atoms with Crippen molar-refractivity contribution in [2.75, 3.05) is 6.26 Å². The summed E-state index contributed by atoms with van der Waals surface area (Å²) in [6, 6.07) is 4.26. The Bertz CT molecular complexity index is 730. The van der Waals surface area contributed by atoms with E-state index in [0.717, 1.165) is 6.26 Å². The molecule has 94 valence electrons. The Labute approximate surface area is 117 Å². The van der Waals surface area contributed by atoms with E-state index in [1.54, 1.807) is 23.0 Å². The summed E-state index contributed by atoms with van der Waals surface area (Å²) in [6.07, 6.45) is 2.42. The Kier molecular flexibility index (Phi) is 3.48. The van der Waals surface area contributed by atoms with Crippen LogP contribution in [0.4, 0.5) is 5.69 Å². The number of nitroso groups, excluding NO2 is 1. The van der Waals surface area contributed by atoms with E-state index >= 15 is 0 Å². The Morgan fingerprint density at radius 1 is 1.33 bits per heavy atom. The van der Waals surface area contributed by atoms with Gasteiger partial charge < -0.3 is 3.07 Å². The molecule has 0 atom stereocenters. The molecular formula is C10H7IN2O4S. The van der Waals surface area contributed by atoms with E-state index in [9.17, 15) is 13.3 Å². The van der Waals surface area contributed by atoms with Crippen LogP contribution in [0.1, 0.15) is 0 Å². The second-order valence-corrected chi connectivity index (χ2v) is 5.98. The molecule has 0 unspecified atom stereocenters. The Hall–Kier alpha value is -1.29. The number of pyridine rings is 1. The molecule has 0 amide bonds. The van der Waals surface area contributed by atoms with Crippen LogP contribution < -0.4 is 3.07 Å². The number of benzene rings is 1. The number of hydrogen-bond acceptors (Lipinski definition) is 6. The fourth-order valence-corrected chi connectivity index (χ4v) is 2.88. The van der Waals surface area contributed by atoms with Crippen LogP contribution in [0.25, 0.3) is 10.9 Å². The summed E-state index contributed by atoms with van der Waals surface area (Å²) in [5, 5.41) is 3.02. The molecule has 0 bridgehead atoms. The van der Waals surface area contributed by atoms with Crippen LogP contribution in [0.15, 0.2) is 34.5 Å². The Balaban J connectivity index is 3.03. The highest BCUT2D eigenvalue weighted by molar-refractivity contribution is 14.1. The van der Waals surface area contributed by atoms with Gasteiger partial charge in [-0.2, -0.15) is 0 Å². The Morgan fingerprint density at radius 2 is 2.06 bits per heavy atom. The van der Waals surface area contributed by atoms with Gasteiger partial charge in [-0.15, -0.1) is 4.91 Å². The highest BCUT2D eigenvalue weighted by Gasteiger charge is 2.18. The first-order valence-electron chi connectivity index (χ1n) is 4.72. The molecular weight excluding hydrogens is 371 g/mol. The van der Waals surface area contributed by atoms with Crippen LogP contribution in [0.2, 0.25) is 0 Å². The molecule has 0 saturated carbocycles. The van der Waals surface area contributed by atoms with Crippen LogP contribution in [0.3, 0.4) is 0 Å². The second-order valence-electron chi connectivity index (χ2n) is 3.56. The molecule has 0 saturated heterocycles. The highest BCUT2D eigenvalue weighted by atomic mass is 127. The van der Waals surface area contributed by atoms with Crippen molar-refractivity contribution in [3.05, 3.63) is 29.3 Å². The second kappa shape index (κ2) is 4.76. The van der Waals surface area contributed by atoms with Crippen molar-refractivity contribution in [1.82, 2.24) is 4.98 Å². The molecule has 2 aromatic rings. The van der Waals surface area contributed by atoms with E-state index in [1.165, 1.54) is 24.4 Å². The zero-order valence-corrected chi connectivity index (χ0v) is 12.1. The predicted molar refractivity (Wildman–Crippen MR) is 75.0 cm³/mol. The van der Waals surface area contributed by atoms with Gasteiger partial charge in [-0.05, 0) is 23.4 Å². The fourth-order valence-electron chi connectivity index (χ4n) is 1.64. The topological polar surface area (TPSA) is 85.7 Å². The van der Waals surface area contributed by atoms with Crippen molar-refractivity contribution in [3.8, 4) is 5.75 Å². The first-order chi connectivity index (χ1) is 8.49. The minimum absolute atomic E-state index is 0.0115. The molecule has 0 N–H and O–H groups in total. The molecule has 6 nitrogen and oxygen atoms in total. The average molecular weight is 378 g/mol. The predicted octanol–water partition coefficient (Wildman–Crippen LogP) is 2.77. The number of nitrogens with zero attached hydrogens (tertiary/aromatic N) is 2. The quantitative estimate of drug-likeness (QED) is 0.606. The monoisotopic (exact) mass is 378 g/mol. The molecule has 0 radical (unpaired) electrons. The molecule has 2 rings (SSSR count). The molecule has 0 aliphatic carbocycles. The van der Waals surface area contributed by atoms with Crippen LogP contribution in [-0.4, -0.2) is 19.7 Å². The van der Waals surface area contributed by atoms with E-state index in [-0.39, 0.29) is 16.0 Å². The standard InChI is InChI=1S/C10H7IN2O4S/c1-18(15,16)8-4-5-12-10-7(17-11)3-2-6(13-14)9(8)10/h2-5H,1H3. The van der Waals surface area contributed by atoms with E-state index < -0.39 is 9.84 Å². The number of fused-ring (bicyclic) bond motifs is 1. The summed E-state index contributed by atoms with van der Waals surface area (Å²) in [5.74, 6) is 0.378. The summed E-state index contributed by atoms with van der Waals surface area (Å²) >= 11 is 1.66. The first-order valence-corrected chi connectivity index (χ1v) is 7.50. The van der Waals surface area contributed by atoms with Crippen molar-refractivity contribution in [1.29, 1.82) is 0 Å². The molecule has 0 aliphatic rings. The molecule has 8 heteroatoms. The van der Waals surface area contributed by atoms with Crippen molar-refractivity contribution >= 4 is 49.4 Å². The number of hydrogen-bond donors (Lipinski definition) is 0. The average Bonchev–Trinajstić information content (AvgIpc) is 2.35. The van der Waals surface area contributed by atoms with Crippen LogP contribution in [0, 0.1) is 4.91 Å². The zero-order chi connectivity index (χ0) is 13.3. The number of aromatic nitrogens is 1. The van der Waals surface area contributed by atoms with Crippen molar-refractivity contribution in [2.24, 2.45) is 5.18 Å². The van der Waals surface area contributed by atoms with E-state index in [0.29, 0.717) is 11.3 Å². The lowest BCUT2D eigenvalue weighted by atomic mass is 10.1. The molecule has 1 aromatic heterocycles. The zero-order valence-electron chi connectivity index (χ0n) is 9.12. The van der Waals surface area contributed by atoms with Gasteiger partial charge in [0, 0.05) is 12.5 Å². The number of halogens is 1. The molecule has 1 heterocycles. The molecule has 0 spiro atoms. The van der Waals surface area contributed by atoms with Gasteiger partial charge in [-0.25, -0.2) is 8.42 Å². The van der Waals surface area contributed by atoms with Gasteiger partial charge in [0.05, 0.1) is 10.3 Å². The van der Waals surface area contributed by atoms with Gasteiger partial charge in [0.2, 0.25) is 0 Å². The highest BCUT2D eigenvalue weighted by Crippen LogP contribution is 2.36. The third-order valence-electron chi connectivity index (χ3n) is 2.38. The minimum atomic E-state index is -3.48. The lowest BCUT2D eigenvalue weighted by Gasteiger charge is -2.07. The van der Waals surface area contributed by atoms with Gasteiger partial charge in [-0.1, -0.05) is 0 Å². The van der Waals surface area contributed by atoms with Crippen LogP contribution >= 0.6 is 23.0 Å². The molecule has 1 aromatic carbocycles. The lowest BCUT2D eigenvalue weighted by molar-refractivity contribution is 0.602. The largest absolute Gasteiger partial charge is 0.425 e. The van der Waals surface area contributed by atoms with E-state index in [2.05, 4.69) is 10.2 Å². The van der Waals surface area contributed by atoms with Crippen molar-refractivity contribution in [2.45, 2.75) is 4.90 Å².